The van der Waals surface area contributed by atoms with E-state index in [0.29, 0.717) is 18.6 Å². The van der Waals surface area contributed by atoms with Crippen molar-refractivity contribution in [2.24, 2.45) is 0 Å². The minimum Gasteiger partial charge on any atom is -0.462 e. The van der Waals surface area contributed by atoms with E-state index in [1.54, 1.807) is 6.20 Å². The Balaban J connectivity index is 1.54. The highest BCUT2D eigenvalue weighted by atomic mass is 16.5. The predicted octanol–water partition coefficient (Wildman–Crippen LogP) is 6.97. The number of carbonyl (C=O) groups excluding carboxylic acids is 1. The zero-order valence-electron chi connectivity index (χ0n) is 18.8. The summed E-state index contributed by atoms with van der Waals surface area (Å²) in [6.45, 7) is 4.62. The lowest BCUT2D eigenvalue weighted by Gasteiger charge is -2.10. The average molecular weight is 416 g/mol. The summed E-state index contributed by atoms with van der Waals surface area (Å²) in [5.41, 5.74) is 6.32. The molecule has 0 amide bonds. The number of nitrogens with zero attached hydrogens (tertiary/aromatic N) is 1. The Hall–Kier alpha value is -2.94. The van der Waals surface area contributed by atoms with E-state index < -0.39 is 0 Å². The number of aromatic nitrogens is 1. The van der Waals surface area contributed by atoms with Crippen LogP contribution in [0.3, 0.4) is 0 Å². The van der Waals surface area contributed by atoms with E-state index >= 15 is 0 Å². The lowest BCUT2D eigenvalue weighted by Crippen LogP contribution is -2.09. The van der Waals surface area contributed by atoms with Gasteiger partial charge in [0.25, 0.3) is 0 Å². The molecule has 3 heteroatoms. The molecule has 0 saturated heterocycles. The van der Waals surface area contributed by atoms with Crippen LogP contribution >= 0.6 is 0 Å². The molecule has 0 spiro atoms. The second-order valence-electron chi connectivity index (χ2n) is 8.10. The summed E-state index contributed by atoms with van der Waals surface area (Å²) >= 11 is 0. The van der Waals surface area contributed by atoms with Gasteiger partial charge in [-0.3, -0.25) is 4.98 Å². The van der Waals surface area contributed by atoms with Crippen LogP contribution < -0.4 is 0 Å². The van der Waals surface area contributed by atoms with Gasteiger partial charge in [-0.05, 0) is 66.3 Å². The molecule has 1 aromatic heterocycles. The largest absolute Gasteiger partial charge is 0.462 e. The highest BCUT2D eigenvalue weighted by molar-refractivity contribution is 5.90. The molecule has 1 heterocycles. The van der Waals surface area contributed by atoms with Crippen LogP contribution in [0.1, 0.15) is 66.2 Å². The standard InChI is InChI=1S/C28H33NO2/c1-3-4-5-6-7-10-23-12-14-24(15-13-23)27-17-16-25(21-22(27)2)28(30)31-20-18-26-11-8-9-19-29-26/h8-9,11-17,19,21H,3-7,10,18,20H2,1-2H3. The Bertz CT molecular complexity index is 949. The minimum absolute atomic E-state index is 0.288. The molecule has 0 aliphatic heterocycles. The highest BCUT2D eigenvalue weighted by Crippen LogP contribution is 2.25. The van der Waals surface area contributed by atoms with Gasteiger partial charge in [-0.1, -0.05) is 69.0 Å². The molecule has 0 unspecified atom stereocenters. The Morgan fingerprint density at radius 1 is 0.903 bits per heavy atom. The van der Waals surface area contributed by atoms with Crippen molar-refractivity contribution in [1.29, 1.82) is 0 Å². The molecule has 0 aliphatic rings. The van der Waals surface area contributed by atoms with Crippen molar-refractivity contribution in [3.63, 3.8) is 0 Å². The summed E-state index contributed by atoms with van der Waals surface area (Å²) in [5.74, 6) is -0.288. The highest BCUT2D eigenvalue weighted by Gasteiger charge is 2.10. The van der Waals surface area contributed by atoms with Crippen LogP contribution in [0.25, 0.3) is 11.1 Å². The SMILES string of the molecule is CCCCCCCc1ccc(-c2ccc(C(=O)OCCc3ccccn3)cc2C)cc1. The first-order valence-corrected chi connectivity index (χ1v) is 11.4. The van der Waals surface area contributed by atoms with Gasteiger partial charge in [0.05, 0.1) is 12.2 Å². The number of ether oxygens (including phenoxy) is 1. The van der Waals surface area contributed by atoms with Crippen LogP contribution in [0, 0.1) is 6.92 Å². The van der Waals surface area contributed by atoms with Crippen molar-refractivity contribution >= 4 is 5.97 Å². The van der Waals surface area contributed by atoms with Gasteiger partial charge in [0.15, 0.2) is 0 Å². The van der Waals surface area contributed by atoms with Crippen LogP contribution in [0.5, 0.6) is 0 Å². The van der Waals surface area contributed by atoms with Gasteiger partial charge in [-0.25, -0.2) is 4.79 Å². The topological polar surface area (TPSA) is 39.2 Å². The van der Waals surface area contributed by atoms with E-state index in [1.807, 2.05) is 43.3 Å². The fourth-order valence-corrected chi connectivity index (χ4v) is 3.78. The van der Waals surface area contributed by atoms with E-state index in [0.717, 1.165) is 23.2 Å². The number of hydrogen-bond acceptors (Lipinski definition) is 3. The van der Waals surface area contributed by atoms with Gasteiger partial charge >= 0.3 is 5.97 Å². The number of benzene rings is 2. The number of esters is 1. The van der Waals surface area contributed by atoms with Crippen molar-refractivity contribution in [3.8, 4) is 11.1 Å². The first kappa shape index (κ1) is 22.7. The van der Waals surface area contributed by atoms with Gasteiger partial charge in [-0.15, -0.1) is 0 Å². The quantitative estimate of drug-likeness (QED) is 0.251. The first-order valence-electron chi connectivity index (χ1n) is 11.4. The zero-order valence-corrected chi connectivity index (χ0v) is 18.8. The van der Waals surface area contributed by atoms with E-state index in [-0.39, 0.29) is 5.97 Å². The summed E-state index contributed by atoms with van der Waals surface area (Å²) in [4.78, 5) is 16.7. The molecule has 3 aromatic rings. The molecule has 31 heavy (non-hydrogen) atoms. The zero-order chi connectivity index (χ0) is 21.9. The molecular formula is C28H33NO2. The Labute approximate surface area is 186 Å². The predicted molar refractivity (Wildman–Crippen MR) is 127 cm³/mol. The van der Waals surface area contributed by atoms with Gasteiger partial charge in [0, 0.05) is 18.3 Å². The fraction of sp³-hybridized carbons (Fsp3) is 0.357. The number of hydrogen-bond donors (Lipinski definition) is 0. The molecular weight excluding hydrogens is 382 g/mol. The first-order chi connectivity index (χ1) is 15.2. The normalized spacial score (nSPS) is 10.8. The van der Waals surface area contributed by atoms with E-state index in [9.17, 15) is 4.79 Å². The third kappa shape index (κ3) is 7.06. The summed E-state index contributed by atoms with van der Waals surface area (Å²) in [6, 6.07) is 20.4. The maximum absolute atomic E-state index is 12.4. The van der Waals surface area contributed by atoms with Gasteiger partial charge in [-0.2, -0.15) is 0 Å². The Morgan fingerprint density at radius 3 is 2.42 bits per heavy atom. The maximum atomic E-state index is 12.4. The van der Waals surface area contributed by atoms with Crippen LogP contribution in [0.2, 0.25) is 0 Å². The van der Waals surface area contributed by atoms with E-state index in [4.69, 9.17) is 4.74 Å². The Kier molecular flexibility index (Phi) is 8.84. The molecule has 0 fully saturated rings. The summed E-state index contributed by atoms with van der Waals surface area (Å²) in [7, 11) is 0. The minimum atomic E-state index is -0.288. The summed E-state index contributed by atoms with van der Waals surface area (Å²) in [5, 5.41) is 0. The molecule has 0 bridgehead atoms. The molecule has 0 N–H and O–H groups in total. The molecule has 0 radical (unpaired) electrons. The van der Waals surface area contributed by atoms with E-state index in [2.05, 4.69) is 36.2 Å². The number of rotatable bonds is 11. The monoisotopic (exact) mass is 415 g/mol. The van der Waals surface area contributed by atoms with Crippen molar-refractivity contribution in [2.75, 3.05) is 6.61 Å². The van der Waals surface area contributed by atoms with Crippen LogP contribution in [0.15, 0.2) is 66.9 Å². The fourth-order valence-electron chi connectivity index (χ4n) is 3.78. The van der Waals surface area contributed by atoms with Crippen molar-refractivity contribution < 1.29 is 9.53 Å². The number of pyridine rings is 1. The molecule has 3 nitrogen and oxygen atoms in total. The average Bonchev–Trinajstić information content (AvgIpc) is 2.80. The Morgan fingerprint density at radius 2 is 1.71 bits per heavy atom. The van der Waals surface area contributed by atoms with Crippen LogP contribution in [-0.4, -0.2) is 17.6 Å². The number of carbonyl (C=O) groups is 1. The van der Waals surface area contributed by atoms with Crippen molar-refractivity contribution in [1.82, 2.24) is 4.98 Å². The lowest BCUT2D eigenvalue weighted by molar-refractivity contribution is 0.0508. The van der Waals surface area contributed by atoms with Crippen molar-refractivity contribution in [3.05, 3.63) is 89.2 Å². The molecule has 0 saturated carbocycles. The van der Waals surface area contributed by atoms with Gasteiger partial charge in [0.2, 0.25) is 0 Å². The third-order valence-corrected chi connectivity index (χ3v) is 5.61. The van der Waals surface area contributed by atoms with Gasteiger partial charge < -0.3 is 4.74 Å². The smallest absolute Gasteiger partial charge is 0.338 e. The van der Waals surface area contributed by atoms with Gasteiger partial charge in [0.1, 0.15) is 0 Å². The molecule has 0 aliphatic carbocycles. The van der Waals surface area contributed by atoms with E-state index in [1.165, 1.54) is 43.2 Å². The van der Waals surface area contributed by atoms with Crippen LogP contribution in [-0.2, 0) is 17.6 Å². The number of aryl methyl sites for hydroxylation is 2. The van der Waals surface area contributed by atoms with Crippen molar-refractivity contribution in [2.45, 2.75) is 58.8 Å². The molecule has 0 atom stereocenters. The molecule has 3 rings (SSSR count). The third-order valence-electron chi connectivity index (χ3n) is 5.61. The second kappa shape index (κ2) is 12.0. The van der Waals surface area contributed by atoms with Crippen LogP contribution in [0.4, 0.5) is 0 Å². The molecule has 162 valence electrons. The number of unbranched alkanes of at least 4 members (excludes halogenated alkanes) is 4. The maximum Gasteiger partial charge on any atom is 0.338 e. The lowest BCUT2D eigenvalue weighted by atomic mass is 9.96. The summed E-state index contributed by atoms with van der Waals surface area (Å²) in [6.07, 6.45) is 10.1. The molecule has 2 aromatic carbocycles. The second-order valence-corrected chi connectivity index (χ2v) is 8.10. The summed E-state index contributed by atoms with van der Waals surface area (Å²) < 4.78 is 5.43.